The van der Waals surface area contributed by atoms with E-state index in [-0.39, 0.29) is 0 Å². The van der Waals surface area contributed by atoms with Crippen molar-refractivity contribution < 1.29 is 4.74 Å². The molecule has 2 rings (SSSR count). The normalized spacial score (nSPS) is 11.6. The molecule has 6 heteroatoms. The molecule has 0 spiro atoms. The number of ether oxygens (including phenoxy) is 1. The second-order valence-electron chi connectivity index (χ2n) is 3.78. The molecule has 0 bridgehead atoms. The lowest BCUT2D eigenvalue weighted by Crippen LogP contribution is -1.97. The number of aromatic nitrogens is 3. The maximum Gasteiger partial charge on any atom is 0.249 e. The minimum Gasteiger partial charge on any atom is -0.481 e. The minimum atomic E-state index is 0.474. The summed E-state index contributed by atoms with van der Waals surface area (Å²) in [6.45, 7) is 4.31. The van der Waals surface area contributed by atoms with Gasteiger partial charge in [-0.1, -0.05) is 42.1 Å². The molecular weight excluding hydrogens is 260 g/mol. The number of nitrogens with zero attached hydrogens (tertiary/aromatic N) is 3. The lowest BCUT2D eigenvalue weighted by Gasteiger charge is -1.98. The zero-order valence-corrected chi connectivity index (χ0v) is 11.8. The molecular formula is C13H16N4OS. The van der Waals surface area contributed by atoms with Crippen LogP contribution in [-0.4, -0.2) is 27.7 Å². The van der Waals surface area contributed by atoms with Gasteiger partial charge in [-0.05, 0) is 12.5 Å². The highest BCUT2D eigenvalue weighted by Gasteiger charge is 2.04. The van der Waals surface area contributed by atoms with Crippen molar-refractivity contribution in [3.8, 4) is 0 Å². The third-order valence-electron chi connectivity index (χ3n) is 2.28. The Hall–Kier alpha value is -1.82. The number of hydrogen-bond donors (Lipinski definition) is 1. The Morgan fingerprint density at radius 3 is 2.89 bits per heavy atom. The van der Waals surface area contributed by atoms with E-state index in [9.17, 15) is 0 Å². The van der Waals surface area contributed by atoms with E-state index in [4.69, 9.17) is 4.74 Å². The van der Waals surface area contributed by atoms with E-state index in [2.05, 4.69) is 32.3 Å². The molecule has 5 nitrogen and oxygen atoms in total. The summed E-state index contributed by atoms with van der Waals surface area (Å²) < 4.78 is 5.24. The van der Waals surface area contributed by atoms with Crippen LogP contribution in [0.2, 0.25) is 0 Å². The van der Waals surface area contributed by atoms with Gasteiger partial charge in [0.15, 0.2) is 5.90 Å². The average molecular weight is 276 g/mol. The fraction of sp³-hybridized carbons (Fsp3) is 0.308. The van der Waals surface area contributed by atoms with Crippen LogP contribution in [0.25, 0.3) is 0 Å². The van der Waals surface area contributed by atoms with Gasteiger partial charge >= 0.3 is 0 Å². The Labute approximate surface area is 116 Å². The van der Waals surface area contributed by atoms with Gasteiger partial charge in [-0.25, -0.2) is 5.10 Å². The number of hydrogen-bond acceptors (Lipinski definition) is 5. The van der Waals surface area contributed by atoms with Crippen LogP contribution in [0.5, 0.6) is 0 Å². The zero-order chi connectivity index (χ0) is 13.5. The number of thioether (sulfide) groups is 1. The molecule has 1 N–H and O–H groups in total. The monoisotopic (exact) mass is 276 g/mol. The van der Waals surface area contributed by atoms with Gasteiger partial charge in [0.2, 0.25) is 11.1 Å². The van der Waals surface area contributed by atoms with Crippen LogP contribution in [0.15, 0.2) is 40.5 Å². The fourth-order valence-electron chi connectivity index (χ4n) is 1.47. The van der Waals surface area contributed by atoms with Gasteiger partial charge in [0, 0.05) is 12.7 Å². The van der Waals surface area contributed by atoms with Gasteiger partial charge in [-0.2, -0.15) is 9.98 Å². The highest BCUT2D eigenvalue weighted by molar-refractivity contribution is 7.98. The van der Waals surface area contributed by atoms with Crippen molar-refractivity contribution in [1.82, 2.24) is 15.2 Å². The highest BCUT2D eigenvalue weighted by atomic mass is 32.2. The van der Waals surface area contributed by atoms with Gasteiger partial charge in [0.05, 0.1) is 6.61 Å². The van der Waals surface area contributed by atoms with Crippen molar-refractivity contribution in [3.63, 3.8) is 0 Å². The smallest absolute Gasteiger partial charge is 0.249 e. The Morgan fingerprint density at radius 1 is 1.37 bits per heavy atom. The van der Waals surface area contributed by atoms with Crippen molar-refractivity contribution in [1.29, 1.82) is 0 Å². The quantitative estimate of drug-likeness (QED) is 0.517. The Bertz CT molecular complexity index is 539. The molecule has 0 unspecified atom stereocenters. The molecule has 0 aliphatic carbocycles. The van der Waals surface area contributed by atoms with Gasteiger partial charge in [0.25, 0.3) is 0 Å². The molecule has 0 fully saturated rings. The first-order valence-corrected chi connectivity index (χ1v) is 7.03. The first-order chi connectivity index (χ1) is 9.28. The van der Waals surface area contributed by atoms with Gasteiger partial charge < -0.3 is 4.74 Å². The lowest BCUT2D eigenvalue weighted by molar-refractivity contribution is 0.324. The molecule has 0 saturated heterocycles. The molecule has 0 atom stereocenters. The molecule has 1 heterocycles. The van der Waals surface area contributed by atoms with Crippen molar-refractivity contribution in [3.05, 3.63) is 35.9 Å². The summed E-state index contributed by atoms with van der Waals surface area (Å²) in [5.41, 5.74) is 1.24. The number of nitrogens with one attached hydrogen (secondary N) is 1. The predicted octanol–water partition coefficient (Wildman–Crippen LogP) is 3.18. The summed E-state index contributed by atoms with van der Waals surface area (Å²) in [6.07, 6.45) is 0. The molecule has 2 aromatic rings. The first kappa shape index (κ1) is 13.6. The van der Waals surface area contributed by atoms with E-state index >= 15 is 0 Å². The van der Waals surface area contributed by atoms with Crippen molar-refractivity contribution >= 4 is 23.6 Å². The lowest BCUT2D eigenvalue weighted by atomic mass is 10.2. The van der Waals surface area contributed by atoms with Crippen LogP contribution < -0.4 is 0 Å². The molecule has 0 radical (unpaired) electrons. The van der Waals surface area contributed by atoms with E-state index in [0.717, 1.165) is 5.75 Å². The van der Waals surface area contributed by atoms with E-state index in [1.807, 2.05) is 25.1 Å². The standard InChI is InChI=1S/C13H16N4OS/c1-3-18-10(2)14-12-15-13(17-16-12)19-9-11-7-5-4-6-8-11/h4-8H,3,9H2,1-2H3,(H,15,16,17)/b14-10+. The molecule has 0 aliphatic rings. The molecule has 0 saturated carbocycles. The molecule has 0 amide bonds. The summed E-state index contributed by atoms with van der Waals surface area (Å²) in [6, 6.07) is 10.2. The molecule has 1 aromatic carbocycles. The Balaban J connectivity index is 1.92. The first-order valence-electron chi connectivity index (χ1n) is 6.05. The Morgan fingerprint density at radius 2 is 2.16 bits per heavy atom. The fourth-order valence-corrected chi connectivity index (χ4v) is 2.21. The second kappa shape index (κ2) is 6.94. The number of aliphatic imine (C=N–C) groups is 1. The topological polar surface area (TPSA) is 63.2 Å². The summed E-state index contributed by atoms with van der Waals surface area (Å²) in [5.74, 6) is 1.89. The van der Waals surface area contributed by atoms with Crippen molar-refractivity contribution in [2.45, 2.75) is 24.8 Å². The van der Waals surface area contributed by atoms with Crippen LogP contribution in [0, 0.1) is 0 Å². The van der Waals surface area contributed by atoms with E-state index in [1.54, 1.807) is 18.7 Å². The molecule has 0 aliphatic heterocycles. The van der Waals surface area contributed by atoms with Crippen LogP contribution in [0.4, 0.5) is 5.95 Å². The second-order valence-corrected chi connectivity index (χ2v) is 4.72. The Kier molecular flexibility index (Phi) is 4.97. The van der Waals surface area contributed by atoms with Gasteiger partial charge in [0.1, 0.15) is 0 Å². The number of benzene rings is 1. The summed E-state index contributed by atoms with van der Waals surface area (Å²) in [5, 5.41) is 7.58. The third-order valence-corrected chi connectivity index (χ3v) is 3.20. The summed E-state index contributed by atoms with van der Waals surface area (Å²) >= 11 is 1.57. The molecule has 1 aromatic heterocycles. The summed E-state index contributed by atoms with van der Waals surface area (Å²) in [4.78, 5) is 8.45. The van der Waals surface area contributed by atoms with Crippen LogP contribution in [0.1, 0.15) is 19.4 Å². The average Bonchev–Trinajstić information content (AvgIpc) is 2.85. The largest absolute Gasteiger partial charge is 0.481 e. The highest BCUT2D eigenvalue weighted by Crippen LogP contribution is 2.20. The maximum atomic E-state index is 5.24. The van der Waals surface area contributed by atoms with Crippen LogP contribution in [-0.2, 0) is 10.5 Å². The van der Waals surface area contributed by atoms with Crippen molar-refractivity contribution in [2.24, 2.45) is 4.99 Å². The van der Waals surface area contributed by atoms with Crippen LogP contribution in [0.3, 0.4) is 0 Å². The van der Waals surface area contributed by atoms with E-state index in [1.165, 1.54) is 5.56 Å². The molecule has 19 heavy (non-hydrogen) atoms. The summed E-state index contributed by atoms with van der Waals surface area (Å²) in [7, 11) is 0. The number of aromatic amines is 1. The van der Waals surface area contributed by atoms with Crippen molar-refractivity contribution in [2.75, 3.05) is 6.61 Å². The third kappa shape index (κ3) is 4.40. The number of rotatable bonds is 5. The van der Waals surface area contributed by atoms with E-state index in [0.29, 0.717) is 23.6 Å². The zero-order valence-electron chi connectivity index (χ0n) is 11.0. The van der Waals surface area contributed by atoms with Gasteiger partial charge in [-0.15, -0.1) is 5.10 Å². The predicted molar refractivity (Wildman–Crippen MR) is 76.8 cm³/mol. The van der Waals surface area contributed by atoms with Crippen LogP contribution >= 0.6 is 11.8 Å². The maximum absolute atomic E-state index is 5.24. The van der Waals surface area contributed by atoms with E-state index < -0.39 is 0 Å². The van der Waals surface area contributed by atoms with Gasteiger partial charge in [-0.3, -0.25) is 0 Å². The minimum absolute atomic E-state index is 0.474. The number of H-pyrrole nitrogens is 1. The molecule has 100 valence electrons. The SMILES string of the molecule is CCO/C(C)=N/c1nc(SCc2ccccc2)n[nH]1.